The minimum absolute atomic E-state index is 0.872. The standard InChI is InChI=1S/C13H11N3S/c1-17-11-6-4-10(5-7-11)12-9-14-13-3-2-8-15-16(12)13/h2-9H,1H3. The molecule has 17 heavy (non-hydrogen) atoms. The van der Waals surface area contributed by atoms with E-state index in [9.17, 15) is 0 Å². The van der Waals surface area contributed by atoms with Crippen molar-refractivity contribution in [2.24, 2.45) is 0 Å². The van der Waals surface area contributed by atoms with Gasteiger partial charge in [0.1, 0.15) is 0 Å². The van der Waals surface area contributed by atoms with Crippen molar-refractivity contribution in [3.05, 3.63) is 48.8 Å². The molecule has 3 nitrogen and oxygen atoms in total. The van der Waals surface area contributed by atoms with Crippen molar-refractivity contribution < 1.29 is 0 Å². The van der Waals surface area contributed by atoms with Crippen LogP contribution in [0.2, 0.25) is 0 Å². The highest BCUT2D eigenvalue weighted by Crippen LogP contribution is 2.23. The van der Waals surface area contributed by atoms with Gasteiger partial charge in [0.2, 0.25) is 0 Å². The van der Waals surface area contributed by atoms with E-state index in [0.717, 1.165) is 16.9 Å². The molecule has 0 amide bonds. The van der Waals surface area contributed by atoms with Crippen LogP contribution in [-0.2, 0) is 0 Å². The van der Waals surface area contributed by atoms with E-state index in [-0.39, 0.29) is 0 Å². The summed E-state index contributed by atoms with van der Waals surface area (Å²) in [5.74, 6) is 0. The van der Waals surface area contributed by atoms with Gasteiger partial charge < -0.3 is 0 Å². The van der Waals surface area contributed by atoms with Crippen molar-refractivity contribution >= 4 is 17.4 Å². The molecule has 0 aliphatic carbocycles. The Morgan fingerprint density at radius 1 is 1.12 bits per heavy atom. The first-order valence-electron chi connectivity index (χ1n) is 5.31. The molecule has 3 rings (SSSR count). The van der Waals surface area contributed by atoms with Crippen LogP contribution < -0.4 is 0 Å². The number of hydrogen-bond acceptors (Lipinski definition) is 3. The van der Waals surface area contributed by atoms with Gasteiger partial charge in [0, 0.05) is 16.7 Å². The van der Waals surface area contributed by atoms with Crippen LogP contribution >= 0.6 is 11.8 Å². The number of thioether (sulfide) groups is 1. The van der Waals surface area contributed by atoms with Crippen molar-refractivity contribution in [2.45, 2.75) is 4.90 Å². The first-order chi connectivity index (χ1) is 8.38. The molecule has 1 aromatic carbocycles. The third-order valence-electron chi connectivity index (χ3n) is 2.66. The van der Waals surface area contributed by atoms with Crippen LogP contribution in [0, 0.1) is 0 Å². The molecule has 0 unspecified atom stereocenters. The van der Waals surface area contributed by atoms with Crippen LogP contribution in [0.4, 0.5) is 0 Å². The van der Waals surface area contributed by atoms with Crippen molar-refractivity contribution in [1.82, 2.24) is 14.6 Å². The summed E-state index contributed by atoms with van der Waals surface area (Å²) < 4.78 is 1.86. The highest BCUT2D eigenvalue weighted by Gasteiger charge is 2.05. The van der Waals surface area contributed by atoms with E-state index in [4.69, 9.17) is 0 Å². The zero-order chi connectivity index (χ0) is 11.7. The molecule has 0 radical (unpaired) electrons. The lowest BCUT2D eigenvalue weighted by Gasteiger charge is -2.01. The van der Waals surface area contributed by atoms with Crippen molar-refractivity contribution in [2.75, 3.05) is 6.26 Å². The second-order valence-electron chi connectivity index (χ2n) is 3.67. The van der Waals surface area contributed by atoms with Gasteiger partial charge in [0.15, 0.2) is 5.65 Å². The van der Waals surface area contributed by atoms with E-state index in [0.29, 0.717) is 0 Å². The summed E-state index contributed by atoms with van der Waals surface area (Å²) in [5.41, 5.74) is 3.03. The van der Waals surface area contributed by atoms with Gasteiger partial charge >= 0.3 is 0 Å². The number of aromatic nitrogens is 3. The Hall–Kier alpha value is -1.81. The van der Waals surface area contributed by atoms with Gasteiger partial charge in [-0.05, 0) is 30.5 Å². The second-order valence-corrected chi connectivity index (χ2v) is 4.55. The molecular weight excluding hydrogens is 230 g/mol. The lowest BCUT2D eigenvalue weighted by atomic mass is 10.2. The fourth-order valence-corrected chi connectivity index (χ4v) is 2.20. The van der Waals surface area contributed by atoms with E-state index in [1.807, 2.05) is 22.8 Å². The molecule has 0 atom stereocenters. The summed E-state index contributed by atoms with van der Waals surface area (Å²) in [6.07, 6.45) is 5.70. The fraction of sp³-hybridized carbons (Fsp3) is 0.0769. The van der Waals surface area contributed by atoms with E-state index in [1.54, 1.807) is 18.0 Å². The maximum atomic E-state index is 4.33. The average Bonchev–Trinajstić information content (AvgIpc) is 2.83. The Bertz CT molecular complexity index is 643. The van der Waals surface area contributed by atoms with Crippen molar-refractivity contribution in [3.63, 3.8) is 0 Å². The van der Waals surface area contributed by atoms with E-state index < -0.39 is 0 Å². The zero-order valence-corrected chi connectivity index (χ0v) is 10.2. The fourth-order valence-electron chi connectivity index (χ4n) is 1.79. The molecule has 0 saturated heterocycles. The quantitative estimate of drug-likeness (QED) is 0.646. The van der Waals surface area contributed by atoms with Crippen molar-refractivity contribution in [1.29, 1.82) is 0 Å². The SMILES string of the molecule is CSc1ccc(-c2cnc3cccnn23)cc1. The molecule has 2 heterocycles. The third kappa shape index (κ3) is 1.80. The molecule has 0 saturated carbocycles. The van der Waals surface area contributed by atoms with Crippen LogP contribution in [0.5, 0.6) is 0 Å². The number of imidazole rings is 1. The summed E-state index contributed by atoms with van der Waals surface area (Å²) in [7, 11) is 0. The highest BCUT2D eigenvalue weighted by atomic mass is 32.2. The number of nitrogens with zero attached hydrogens (tertiary/aromatic N) is 3. The number of benzene rings is 1. The molecular formula is C13H11N3S. The normalized spacial score (nSPS) is 10.9. The molecule has 0 N–H and O–H groups in total. The van der Waals surface area contributed by atoms with Gasteiger partial charge in [-0.15, -0.1) is 11.8 Å². The van der Waals surface area contributed by atoms with Gasteiger partial charge in [-0.25, -0.2) is 9.50 Å². The van der Waals surface area contributed by atoms with Crippen molar-refractivity contribution in [3.8, 4) is 11.3 Å². The molecule has 0 fully saturated rings. The highest BCUT2D eigenvalue weighted by molar-refractivity contribution is 7.98. The summed E-state index contributed by atoms with van der Waals surface area (Å²) >= 11 is 1.74. The van der Waals surface area contributed by atoms with Crippen LogP contribution in [0.3, 0.4) is 0 Å². The average molecular weight is 241 g/mol. The largest absolute Gasteiger partial charge is 0.235 e. The maximum Gasteiger partial charge on any atom is 0.154 e. The van der Waals surface area contributed by atoms with Crippen LogP contribution in [0.15, 0.2) is 53.7 Å². The second kappa shape index (κ2) is 4.22. The zero-order valence-electron chi connectivity index (χ0n) is 9.37. The summed E-state index contributed by atoms with van der Waals surface area (Å²) in [6, 6.07) is 12.3. The van der Waals surface area contributed by atoms with Gasteiger partial charge in [-0.2, -0.15) is 5.10 Å². The van der Waals surface area contributed by atoms with Crippen LogP contribution in [0.1, 0.15) is 0 Å². The van der Waals surface area contributed by atoms with Crippen LogP contribution in [-0.4, -0.2) is 20.9 Å². The molecule has 3 aromatic rings. The Kier molecular flexibility index (Phi) is 2.57. The Morgan fingerprint density at radius 3 is 2.71 bits per heavy atom. The Balaban J connectivity index is 2.13. The molecule has 0 bridgehead atoms. The van der Waals surface area contributed by atoms with E-state index >= 15 is 0 Å². The lowest BCUT2D eigenvalue weighted by Crippen LogP contribution is -1.92. The molecule has 2 aromatic heterocycles. The van der Waals surface area contributed by atoms with Gasteiger partial charge in [-0.1, -0.05) is 12.1 Å². The number of hydrogen-bond donors (Lipinski definition) is 0. The van der Waals surface area contributed by atoms with E-state index in [1.165, 1.54) is 4.90 Å². The Morgan fingerprint density at radius 2 is 1.94 bits per heavy atom. The molecule has 0 aliphatic rings. The van der Waals surface area contributed by atoms with Gasteiger partial charge in [0.25, 0.3) is 0 Å². The predicted octanol–water partition coefficient (Wildman–Crippen LogP) is 3.12. The summed E-state index contributed by atoms with van der Waals surface area (Å²) in [5, 5.41) is 4.31. The lowest BCUT2D eigenvalue weighted by molar-refractivity contribution is 0.942. The topological polar surface area (TPSA) is 30.2 Å². The number of rotatable bonds is 2. The Labute approximate surface area is 104 Å². The van der Waals surface area contributed by atoms with E-state index in [2.05, 4.69) is 40.6 Å². The minimum atomic E-state index is 0.872. The third-order valence-corrected chi connectivity index (χ3v) is 3.41. The first kappa shape index (κ1) is 10.4. The maximum absolute atomic E-state index is 4.33. The smallest absolute Gasteiger partial charge is 0.154 e. The molecule has 0 aliphatic heterocycles. The van der Waals surface area contributed by atoms with Crippen LogP contribution in [0.25, 0.3) is 16.9 Å². The molecule has 84 valence electrons. The first-order valence-corrected chi connectivity index (χ1v) is 6.54. The molecule has 4 heteroatoms. The monoisotopic (exact) mass is 241 g/mol. The summed E-state index contributed by atoms with van der Waals surface area (Å²) in [4.78, 5) is 5.59. The predicted molar refractivity (Wildman–Crippen MR) is 70.2 cm³/mol. The minimum Gasteiger partial charge on any atom is -0.235 e. The van der Waals surface area contributed by atoms with Gasteiger partial charge in [-0.3, -0.25) is 0 Å². The number of fused-ring (bicyclic) bond motifs is 1. The molecule has 0 spiro atoms. The van der Waals surface area contributed by atoms with Gasteiger partial charge in [0.05, 0.1) is 11.9 Å². The summed E-state index contributed by atoms with van der Waals surface area (Å²) in [6.45, 7) is 0.